The zero-order chi connectivity index (χ0) is 33.5. The van der Waals surface area contributed by atoms with Crippen molar-refractivity contribution in [1.82, 2.24) is 0 Å². The first-order chi connectivity index (χ1) is 20.3. The van der Waals surface area contributed by atoms with Crippen molar-refractivity contribution in [1.29, 1.82) is 0 Å². The van der Waals surface area contributed by atoms with Crippen molar-refractivity contribution in [2.75, 3.05) is 6.61 Å². The van der Waals surface area contributed by atoms with Crippen LogP contribution in [0.3, 0.4) is 0 Å². The second-order valence-electron chi connectivity index (χ2n) is 15.7. The first kappa shape index (κ1) is 38.6. The number of hydrogen-bond acceptors (Lipinski definition) is 4. The Balaban J connectivity index is 2.26. The smallest absolute Gasteiger partial charge is 0.261 e. The normalized spacial score (nSPS) is 17.9. The molecule has 0 amide bonds. The van der Waals surface area contributed by atoms with Gasteiger partial charge in [0.25, 0.3) is 8.32 Å². The molecule has 0 saturated carbocycles. The summed E-state index contributed by atoms with van der Waals surface area (Å²) in [7, 11) is -4.67. The van der Waals surface area contributed by atoms with Crippen molar-refractivity contribution < 1.29 is 19.1 Å². The number of hydrogen-bond donors (Lipinski definition) is 2. The zero-order valence-electron chi connectivity index (χ0n) is 30.1. The van der Waals surface area contributed by atoms with Gasteiger partial charge in [0.15, 0.2) is 8.32 Å². The van der Waals surface area contributed by atoms with E-state index in [9.17, 15) is 10.2 Å². The molecule has 2 rings (SSSR count). The molecule has 0 saturated heterocycles. The topological polar surface area (TPSA) is 58.9 Å². The van der Waals surface area contributed by atoms with Gasteiger partial charge in [0.05, 0.1) is 18.3 Å². The van der Waals surface area contributed by atoms with Gasteiger partial charge in [-0.05, 0) is 52.5 Å². The molecule has 2 N–H and O–H groups in total. The standard InChI is InChI=1S/C38H64O4Si2/c1-14-21-34(42-43(12,13)37(6,7)8)31(5)36(40)29(3)26-28(2)35(39)30(4)27-41-44(38(9,10)11,32-22-17-15-18-23-32)33-24-19-16-20-25-33/h15-20,22-26,28,30-31,34-36,39-40H,14,21,27H2,1-13H3/b29-26+/t28-,30+,31-,34-,35+,36-/m1/s1. The van der Waals surface area contributed by atoms with Crippen LogP contribution < -0.4 is 10.4 Å². The number of aliphatic hydroxyl groups excluding tert-OH is 2. The predicted molar refractivity (Wildman–Crippen MR) is 194 cm³/mol. The van der Waals surface area contributed by atoms with Gasteiger partial charge in [-0.25, -0.2) is 0 Å². The SMILES string of the molecule is CCC[C@@H](O[Si](C)(C)C(C)(C)C)[C@@H](C)[C@H](O)/C(C)=C/[C@@H](C)[C@H](O)[C@@H](C)CO[Si](c1ccccc1)(c1ccccc1)C(C)(C)C. The van der Waals surface area contributed by atoms with Crippen molar-refractivity contribution in [2.24, 2.45) is 17.8 Å². The molecule has 0 aliphatic rings. The maximum atomic E-state index is 11.5. The fourth-order valence-electron chi connectivity index (χ4n) is 6.13. The maximum absolute atomic E-state index is 11.5. The van der Waals surface area contributed by atoms with E-state index in [4.69, 9.17) is 8.85 Å². The monoisotopic (exact) mass is 640 g/mol. The van der Waals surface area contributed by atoms with Crippen LogP contribution in [0, 0.1) is 17.8 Å². The molecule has 248 valence electrons. The van der Waals surface area contributed by atoms with Crippen molar-refractivity contribution in [3.05, 3.63) is 72.3 Å². The van der Waals surface area contributed by atoms with E-state index in [-0.39, 0.29) is 33.9 Å². The molecular formula is C38H64O4Si2. The lowest BCUT2D eigenvalue weighted by Gasteiger charge is -2.44. The third-order valence-electron chi connectivity index (χ3n) is 10.0. The van der Waals surface area contributed by atoms with Crippen LogP contribution in [0.2, 0.25) is 23.2 Å². The average Bonchev–Trinajstić information content (AvgIpc) is 2.95. The third-order valence-corrected chi connectivity index (χ3v) is 19.5. The number of rotatable bonds is 15. The molecule has 2 aromatic rings. The van der Waals surface area contributed by atoms with Gasteiger partial charge in [-0.15, -0.1) is 0 Å². The van der Waals surface area contributed by atoms with Gasteiger partial charge < -0.3 is 19.1 Å². The van der Waals surface area contributed by atoms with Crippen molar-refractivity contribution >= 4 is 27.0 Å². The molecule has 0 bridgehead atoms. The summed E-state index contributed by atoms with van der Waals surface area (Å²) in [6.07, 6.45) is 2.75. The molecule has 0 fully saturated rings. The lowest BCUT2D eigenvalue weighted by Crippen LogP contribution is -2.67. The van der Waals surface area contributed by atoms with Crippen molar-refractivity contribution in [3.8, 4) is 0 Å². The van der Waals surface area contributed by atoms with E-state index >= 15 is 0 Å². The maximum Gasteiger partial charge on any atom is 0.261 e. The summed E-state index contributed by atoms with van der Waals surface area (Å²) in [4.78, 5) is 0. The van der Waals surface area contributed by atoms with Crippen LogP contribution in [0.15, 0.2) is 72.3 Å². The molecule has 6 atom stereocenters. The fourth-order valence-corrected chi connectivity index (χ4v) is 12.2. The number of aliphatic hydroxyl groups is 2. The van der Waals surface area contributed by atoms with E-state index < -0.39 is 28.8 Å². The van der Waals surface area contributed by atoms with Gasteiger partial charge in [0, 0.05) is 24.4 Å². The molecular weight excluding hydrogens is 577 g/mol. The van der Waals surface area contributed by atoms with Gasteiger partial charge in [-0.3, -0.25) is 0 Å². The minimum atomic E-state index is -2.69. The lowest BCUT2D eigenvalue weighted by atomic mass is 9.87. The second-order valence-corrected chi connectivity index (χ2v) is 24.8. The highest BCUT2D eigenvalue weighted by Gasteiger charge is 2.50. The van der Waals surface area contributed by atoms with Gasteiger partial charge in [-0.1, -0.05) is 142 Å². The van der Waals surface area contributed by atoms with Gasteiger partial charge >= 0.3 is 0 Å². The largest absolute Gasteiger partial charge is 0.414 e. The Morgan fingerprint density at radius 3 is 1.70 bits per heavy atom. The summed E-state index contributed by atoms with van der Waals surface area (Å²) >= 11 is 0. The highest BCUT2D eigenvalue weighted by molar-refractivity contribution is 6.99. The molecule has 0 radical (unpaired) electrons. The van der Waals surface area contributed by atoms with Crippen molar-refractivity contribution in [3.63, 3.8) is 0 Å². The Morgan fingerprint density at radius 2 is 1.30 bits per heavy atom. The summed E-state index contributed by atoms with van der Waals surface area (Å²) in [5.41, 5.74) is 0.893. The molecule has 6 heteroatoms. The van der Waals surface area contributed by atoms with Crippen LogP contribution in [-0.2, 0) is 8.85 Å². The highest BCUT2D eigenvalue weighted by atomic mass is 28.4. The van der Waals surface area contributed by atoms with E-state index in [1.54, 1.807) is 0 Å². The molecule has 0 heterocycles. The Morgan fingerprint density at radius 1 is 0.818 bits per heavy atom. The summed E-state index contributed by atoms with van der Waals surface area (Å²) in [5, 5.41) is 25.5. The molecule has 0 aliphatic carbocycles. The fraction of sp³-hybridized carbons (Fsp3) is 0.632. The Labute approximate surface area is 272 Å². The molecule has 4 nitrogen and oxygen atoms in total. The van der Waals surface area contributed by atoms with Crippen LogP contribution in [-0.4, -0.2) is 51.8 Å². The van der Waals surface area contributed by atoms with Gasteiger partial charge in [-0.2, -0.15) is 0 Å². The van der Waals surface area contributed by atoms with E-state index in [1.165, 1.54) is 10.4 Å². The third kappa shape index (κ3) is 9.26. The first-order valence-electron chi connectivity index (χ1n) is 16.8. The summed E-state index contributed by atoms with van der Waals surface area (Å²) < 4.78 is 13.9. The van der Waals surface area contributed by atoms with Gasteiger partial charge in [0.2, 0.25) is 0 Å². The molecule has 0 aliphatic heterocycles. The van der Waals surface area contributed by atoms with E-state index in [2.05, 4.69) is 142 Å². The molecule has 2 aromatic carbocycles. The summed E-state index contributed by atoms with van der Waals surface area (Å²) in [5.74, 6) is -0.277. The number of benzene rings is 2. The van der Waals surface area contributed by atoms with Crippen molar-refractivity contribution in [2.45, 2.75) is 130 Å². The first-order valence-corrected chi connectivity index (χ1v) is 21.6. The van der Waals surface area contributed by atoms with Crippen LogP contribution in [0.4, 0.5) is 0 Å². The van der Waals surface area contributed by atoms with Crippen LogP contribution in [0.25, 0.3) is 0 Å². The Kier molecular flexibility index (Phi) is 13.9. The zero-order valence-corrected chi connectivity index (χ0v) is 32.1. The van der Waals surface area contributed by atoms with Crippen LogP contribution >= 0.6 is 0 Å². The Hall–Kier alpha value is -1.55. The second kappa shape index (κ2) is 15.8. The highest BCUT2D eigenvalue weighted by Crippen LogP contribution is 2.40. The van der Waals surface area contributed by atoms with E-state index in [0.29, 0.717) is 6.61 Å². The molecule has 44 heavy (non-hydrogen) atoms. The minimum Gasteiger partial charge on any atom is -0.414 e. The molecule has 0 aromatic heterocycles. The van der Waals surface area contributed by atoms with Gasteiger partial charge in [0.1, 0.15) is 0 Å². The van der Waals surface area contributed by atoms with Crippen LogP contribution in [0.1, 0.15) is 89.0 Å². The summed E-state index contributed by atoms with van der Waals surface area (Å²) in [6, 6.07) is 21.3. The molecule has 0 unspecified atom stereocenters. The average molecular weight is 641 g/mol. The van der Waals surface area contributed by atoms with Crippen LogP contribution in [0.5, 0.6) is 0 Å². The quantitative estimate of drug-likeness (QED) is 0.152. The molecule has 0 spiro atoms. The minimum absolute atomic E-state index is 0.00162. The summed E-state index contributed by atoms with van der Waals surface area (Å²) in [6.45, 7) is 29.0. The predicted octanol–water partition coefficient (Wildman–Crippen LogP) is 8.33. The lowest BCUT2D eigenvalue weighted by molar-refractivity contribution is 0.0386. The van der Waals surface area contributed by atoms with E-state index in [1.807, 2.05) is 13.8 Å². The Bertz CT molecular complexity index is 1110. The van der Waals surface area contributed by atoms with E-state index in [0.717, 1.165) is 18.4 Å².